The molecule has 0 aromatic heterocycles. The predicted molar refractivity (Wildman–Crippen MR) is 178 cm³/mol. The summed E-state index contributed by atoms with van der Waals surface area (Å²) >= 11 is 0. The lowest BCUT2D eigenvalue weighted by molar-refractivity contribution is -0.142. The molecule has 2 saturated carbocycles. The van der Waals surface area contributed by atoms with Crippen LogP contribution in [0.2, 0.25) is 0 Å². The second-order valence-electron chi connectivity index (χ2n) is 14.5. The molecule has 11 nitrogen and oxygen atoms in total. The van der Waals surface area contributed by atoms with Gasteiger partial charge in [-0.15, -0.1) is 0 Å². The van der Waals surface area contributed by atoms with Gasteiger partial charge in [0.05, 0.1) is 12.2 Å². The number of carbonyl (C=O) groups excluding carboxylic acids is 4. The molecule has 4 atom stereocenters. The Labute approximate surface area is 295 Å². The first-order chi connectivity index (χ1) is 24.2. The van der Waals surface area contributed by atoms with E-state index in [1.807, 2.05) is 13.8 Å². The SMILES string of the molecule is CC(C)COC(=O)N[C@H](C(=O)N1C[C@H](C2CCCCC2)C[C@H]1C(=O)N[C@@H](CC(F)F)C(=O)NCCc1c(F)cc(C(=O)O)cc1F)C1CCCC1. The summed E-state index contributed by atoms with van der Waals surface area (Å²) in [7, 11) is 0. The normalized spacial score (nSPS) is 21.1. The fourth-order valence-electron chi connectivity index (χ4n) is 7.65. The van der Waals surface area contributed by atoms with Crippen molar-refractivity contribution in [1.82, 2.24) is 20.9 Å². The first-order valence-corrected chi connectivity index (χ1v) is 18.1. The van der Waals surface area contributed by atoms with Crippen LogP contribution >= 0.6 is 0 Å². The first-order valence-electron chi connectivity index (χ1n) is 18.1. The molecule has 1 aromatic carbocycles. The first kappa shape index (κ1) is 39.9. The van der Waals surface area contributed by atoms with Crippen LogP contribution in [0.5, 0.6) is 0 Å². The molecule has 15 heteroatoms. The lowest BCUT2D eigenvalue weighted by Crippen LogP contribution is -2.58. The molecule has 284 valence electrons. The molecule has 51 heavy (non-hydrogen) atoms. The zero-order valence-electron chi connectivity index (χ0n) is 29.2. The van der Waals surface area contributed by atoms with Crippen LogP contribution in [-0.2, 0) is 25.5 Å². The van der Waals surface area contributed by atoms with Crippen LogP contribution in [-0.4, -0.2) is 84.0 Å². The Kier molecular flexibility index (Phi) is 14.5. The molecule has 0 spiro atoms. The predicted octanol–water partition coefficient (Wildman–Crippen LogP) is 5.20. The van der Waals surface area contributed by atoms with E-state index < -0.39 is 96.5 Å². The zero-order chi connectivity index (χ0) is 37.2. The Morgan fingerprint density at radius 2 is 1.55 bits per heavy atom. The van der Waals surface area contributed by atoms with Crippen LogP contribution < -0.4 is 16.0 Å². The summed E-state index contributed by atoms with van der Waals surface area (Å²) in [4.78, 5) is 66.6. The van der Waals surface area contributed by atoms with Gasteiger partial charge in [0.15, 0.2) is 0 Å². The van der Waals surface area contributed by atoms with E-state index in [0.29, 0.717) is 25.0 Å². The molecule has 3 aliphatic rings. The Balaban J connectivity index is 1.50. The fraction of sp³-hybridized carbons (Fsp3) is 0.694. The highest BCUT2D eigenvalue weighted by Crippen LogP contribution is 2.39. The summed E-state index contributed by atoms with van der Waals surface area (Å²) in [6.45, 7) is 3.78. The van der Waals surface area contributed by atoms with E-state index in [-0.39, 0.29) is 43.2 Å². The maximum absolute atomic E-state index is 14.4. The van der Waals surface area contributed by atoms with Crippen LogP contribution in [0.15, 0.2) is 12.1 Å². The minimum Gasteiger partial charge on any atom is -0.478 e. The van der Waals surface area contributed by atoms with E-state index in [4.69, 9.17) is 9.84 Å². The molecule has 4 rings (SSSR count). The summed E-state index contributed by atoms with van der Waals surface area (Å²) in [6.07, 6.45) is 3.24. The number of carboxylic acids is 1. The Hall–Kier alpha value is -3.91. The monoisotopic (exact) mass is 726 g/mol. The second-order valence-corrected chi connectivity index (χ2v) is 14.5. The van der Waals surface area contributed by atoms with Crippen molar-refractivity contribution in [2.75, 3.05) is 19.7 Å². The number of likely N-dealkylation sites (tertiary alicyclic amines) is 1. The standard InChI is InChI=1S/C36H50F4N4O7/c1-20(2)19-51-36(50)43-31(22-10-6-7-11-22)34(47)44-18-24(21-8-4-3-5-9-21)16-29(44)33(46)42-28(17-30(39)40)32(45)41-13-12-25-26(37)14-23(35(48)49)15-27(25)38/h14-15,20-22,24,28-31H,3-13,16-19H2,1-2H3,(H,41,45)(H,42,46)(H,43,50)(H,48,49)/t24-,28+,29+,31+/m1/s1. The molecule has 1 saturated heterocycles. The average molecular weight is 727 g/mol. The lowest BCUT2D eigenvalue weighted by Gasteiger charge is -2.32. The topological polar surface area (TPSA) is 154 Å². The van der Waals surface area contributed by atoms with Crippen LogP contribution in [0.25, 0.3) is 0 Å². The van der Waals surface area contributed by atoms with E-state index >= 15 is 0 Å². The average Bonchev–Trinajstić information content (AvgIpc) is 3.78. The van der Waals surface area contributed by atoms with Gasteiger partial charge in [-0.3, -0.25) is 14.4 Å². The molecule has 1 heterocycles. The third kappa shape index (κ3) is 11.0. The van der Waals surface area contributed by atoms with Gasteiger partial charge in [0, 0.05) is 25.1 Å². The molecular formula is C36H50F4N4O7. The van der Waals surface area contributed by atoms with Gasteiger partial charge in [0.25, 0.3) is 0 Å². The quantitative estimate of drug-likeness (QED) is 0.181. The maximum atomic E-state index is 14.4. The van der Waals surface area contributed by atoms with Crippen molar-refractivity contribution in [3.63, 3.8) is 0 Å². The molecule has 0 unspecified atom stereocenters. The smallest absolute Gasteiger partial charge is 0.407 e. The molecule has 4 amide bonds. The molecule has 1 aromatic rings. The number of halogens is 4. The van der Waals surface area contributed by atoms with Crippen molar-refractivity contribution in [3.05, 3.63) is 34.9 Å². The number of carbonyl (C=O) groups is 5. The van der Waals surface area contributed by atoms with Crippen molar-refractivity contribution >= 4 is 29.8 Å². The van der Waals surface area contributed by atoms with Gasteiger partial charge >= 0.3 is 12.1 Å². The maximum Gasteiger partial charge on any atom is 0.407 e. The van der Waals surface area contributed by atoms with Gasteiger partial charge in [-0.1, -0.05) is 58.8 Å². The molecule has 2 aliphatic carbocycles. The van der Waals surface area contributed by atoms with Crippen LogP contribution in [0.1, 0.15) is 100 Å². The summed E-state index contributed by atoms with van der Waals surface area (Å²) in [5.41, 5.74) is -1.10. The number of hydrogen-bond acceptors (Lipinski definition) is 6. The number of hydrogen-bond donors (Lipinski definition) is 4. The van der Waals surface area contributed by atoms with Gasteiger partial charge < -0.3 is 30.7 Å². The fourth-order valence-corrected chi connectivity index (χ4v) is 7.65. The molecule has 3 fully saturated rings. The number of carboxylic acid groups (broad SMARTS) is 1. The number of alkyl halides is 2. The Morgan fingerprint density at radius 3 is 2.14 bits per heavy atom. The van der Waals surface area contributed by atoms with Crippen molar-refractivity contribution in [1.29, 1.82) is 0 Å². The summed E-state index contributed by atoms with van der Waals surface area (Å²) < 4.78 is 61.5. The Morgan fingerprint density at radius 1 is 0.922 bits per heavy atom. The van der Waals surface area contributed by atoms with Crippen LogP contribution in [0.3, 0.4) is 0 Å². The van der Waals surface area contributed by atoms with Crippen molar-refractivity contribution in [2.45, 2.75) is 115 Å². The number of aromatic carboxylic acids is 1. The molecule has 4 N–H and O–H groups in total. The third-order valence-electron chi connectivity index (χ3n) is 10.3. The minimum absolute atomic E-state index is 0.0400. The van der Waals surface area contributed by atoms with E-state index in [0.717, 1.165) is 44.9 Å². The third-order valence-corrected chi connectivity index (χ3v) is 10.3. The highest BCUT2D eigenvalue weighted by atomic mass is 19.3. The number of nitrogens with one attached hydrogen (secondary N) is 3. The minimum atomic E-state index is -3.00. The van der Waals surface area contributed by atoms with Crippen molar-refractivity contribution in [2.24, 2.45) is 23.7 Å². The van der Waals surface area contributed by atoms with Crippen LogP contribution in [0.4, 0.5) is 22.4 Å². The number of nitrogens with zero attached hydrogens (tertiary/aromatic N) is 1. The highest BCUT2D eigenvalue weighted by molar-refractivity contribution is 5.94. The van der Waals surface area contributed by atoms with E-state index in [1.54, 1.807) is 0 Å². The number of benzene rings is 1. The number of rotatable bonds is 15. The van der Waals surface area contributed by atoms with Gasteiger partial charge in [-0.05, 0) is 61.5 Å². The molecule has 1 aliphatic heterocycles. The van der Waals surface area contributed by atoms with Gasteiger partial charge in [0.1, 0.15) is 29.8 Å². The van der Waals surface area contributed by atoms with Crippen LogP contribution in [0, 0.1) is 35.3 Å². The largest absolute Gasteiger partial charge is 0.478 e. The van der Waals surface area contributed by atoms with E-state index in [9.17, 15) is 41.5 Å². The van der Waals surface area contributed by atoms with Crippen molar-refractivity contribution in [3.8, 4) is 0 Å². The Bertz CT molecular complexity index is 1380. The van der Waals surface area contributed by atoms with Gasteiger partial charge in [-0.2, -0.15) is 0 Å². The lowest BCUT2D eigenvalue weighted by atomic mass is 9.79. The summed E-state index contributed by atoms with van der Waals surface area (Å²) in [6, 6.07) is -2.47. The molecular weight excluding hydrogens is 676 g/mol. The molecule has 0 radical (unpaired) electrons. The second kappa shape index (κ2) is 18.5. The van der Waals surface area contributed by atoms with E-state index in [2.05, 4.69) is 16.0 Å². The number of ether oxygens (including phenoxy) is 1. The van der Waals surface area contributed by atoms with Gasteiger partial charge in [0.2, 0.25) is 24.1 Å². The van der Waals surface area contributed by atoms with E-state index in [1.165, 1.54) is 4.90 Å². The highest BCUT2D eigenvalue weighted by Gasteiger charge is 2.47. The molecule has 0 bridgehead atoms. The van der Waals surface area contributed by atoms with Crippen molar-refractivity contribution < 1.29 is 51.4 Å². The number of amides is 4. The van der Waals surface area contributed by atoms with Gasteiger partial charge in [-0.25, -0.2) is 27.2 Å². The summed E-state index contributed by atoms with van der Waals surface area (Å²) in [5, 5.41) is 16.5. The zero-order valence-corrected chi connectivity index (χ0v) is 29.2. The summed E-state index contributed by atoms with van der Waals surface area (Å²) in [5.74, 6) is -5.93. The number of alkyl carbamates (subject to hydrolysis) is 1.